The van der Waals surface area contributed by atoms with Crippen LogP contribution in [-0.2, 0) is 9.53 Å². The van der Waals surface area contributed by atoms with Gasteiger partial charge in [0, 0.05) is 12.5 Å². The summed E-state index contributed by atoms with van der Waals surface area (Å²) in [6.07, 6.45) is 0.451. The van der Waals surface area contributed by atoms with Gasteiger partial charge in [0.05, 0.1) is 6.04 Å². The van der Waals surface area contributed by atoms with E-state index in [1.54, 1.807) is 4.90 Å². The molecule has 1 aliphatic rings. The van der Waals surface area contributed by atoms with Crippen LogP contribution < -0.4 is 0 Å². The Balaban J connectivity index is 2.94. The van der Waals surface area contributed by atoms with Crippen LogP contribution in [0.1, 0.15) is 54.9 Å². The molecule has 19 heavy (non-hydrogen) atoms. The third-order valence-corrected chi connectivity index (χ3v) is 3.52. The van der Waals surface area contributed by atoms with Crippen LogP contribution in [0.2, 0.25) is 0 Å². The molecule has 0 aliphatic carbocycles. The van der Waals surface area contributed by atoms with E-state index in [-0.39, 0.29) is 29.3 Å². The molecule has 1 aliphatic heterocycles. The van der Waals surface area contributed by atoms with Crippen molar-refractivity contribution in [1.82, 2.24) is 4.90 Å². The highest BCUT2D eigenvalue weighted by molar-refractivity contribution is 5.90. The van der Waals surface area contributed by atoms with E-state index in [1.807, 2.05) is 48.5 Å². The lowest BCUT2D eigenvalue weighted by atomic mass is 9.80. The third-order valence-electron chi connectivity index (χ3n) is 3.52. The number of amides is 1. The highest BCUT2D eigenvalue weighted by Gasteiger charge is 2.48. The number of ether oxygens (including phenoxy) is 1. The zero-order valence-corrected chi connectivity index (χ0v) is 13.2. The van der Waals surface area contributed by atoms with Crippen molar-refractivity contribution in [2.75, 3.05) is 6.54 Å². The average Bonchev–Trinajstić information content (AvgIpc) is 2.50. The Bertz CT molecular complexity index is 366. The number of carbonyl (C=O) groups is 2. The number of likely N-dealkylation sites (tertiary alicyclic amines) is 1. The summed E-state index contributed by atoms with van der Waals surface area (Å²) in [4.78, 5) is 26.2. The maximum Gasteiger partial charge on any atom is 0.410 e. The van der Waals surface area contributed by atoms with Crippen LogP contribution in [-0.4, -0.2) is 35.0 Å². The summed E-state index contributed by atoms with van der Waals surface area (Å²) in [5, 5.41) is 0. The maximum atomic E-state index is 12.4. The molecule has 0 aromatic rings. The molecule has 1 heterocycles. The zero-order valence-electron chi connectivity index (χ0n) is 13.2. The quantitative estimate of drug-likeness (QED) is 0.773. The van der Waals surface area contributed by atoms with Crippen molar-refractivity contribution in [3.05, 3.63) is 0 Å². The molecular formula is C15H27NO3. The van der Waals surface area contributed by atoms with Gasteiger partial charge in [0.25, 0.3) is 0 Å². The van der Waals surface area contributed by atoms with Crippen LogP contribution in [0.15, 0.2) is 0 Å². The number of hydrogen-bond acceptors (Lipinski definition) is 3. The highest BCUT2D eigenvalue weighted by Crippen LogP contribution is 2.38. The third kappa shape index (κ3) is 3.71. The summed E-state index contributed by atoms with van der Waals surface area (Å²) in [5.74, 6) is 0.0423. The molecule has 0 aromatic heterocycles. The van der Waals surface area contributed by atoms with Crippen molar-refractivity contribution in [3.63, 3.8) is 0 Å². The second-order valence-corrected chi connectivity index (χ2v) is 7.37. The van der Waals surface area contributed by atoms with E-state index in [2.05, 4.69) is 0 Å². The first kappa shape index (κ1) is 16.0. The van der Waals surface area contributed by atoms with Gasteiger partial charge < -0.3 is 4.74 Å². The summed E-state index contributed by atoms with van der Waals surface area (Å²) in [6, 6.07) is -0.373. The Hall–Kier alpha value is -1.06. The Morgan fingerprint density at radius 2 is 1.79 bits per heavy atom. The number of nitrogens with zero attached hydrogens (tertiary/aromatic N) is 1. The van der Waals surface area contributed by atoms with Gasteiger partial charge in [0.15, 0.2) is 5.78 Å². The Morgan fingerprint density at radius 1 is 1.26 bits per heavy atom. The molecule has 0 N–H and O–H groups in total. The summed E-state index contributed by atoms with van der Waals surface area (Å²) < 4.78 is 5.41. The molecule has 0 bridgehead atoms. The molecule has 0 unspecified atom stereocenters. The van der Waals surface area contributed by atoms with Gasteiger partial charge in [-0.15, -0.1) is 0 Å². The Labute approximate surface area is 116 Å². The fourth-order valence-electron chi connectivity index (χ4n) is 2.47. The topological polar surface area (TPSA) is 46.6 Å². The average molecular weight is 269 g/mol. The molecule has 0 saturated carbocycles. The van der Waals surface area contributed by atoms with Gasteiger partial charge in [0.1, 0.15) is 5.60 Å². The van der Waals surface area contributed by atoms with Crippen molar-refractivity contribution in [1.29, 1.82) is 0 Å². The molecule has 1 amide bonds. The summed E-state index contributed by atoms with van der Waals surface area (Å²) in [5.41, 5.74) is -0.715. The highest BCUT2D eigenvalue weighted by atomic mass is 16.6. The molecular weight excluding hydrogens is 242 g/mol. The van der Waals surface area contributed by atoms with Crippen molar-refractivity contribution < 1.29 is 14.3 Å². The summed E-state index contributed by atoms with van der Waals surface area (Å²) in [7, 11) is 0. The summed E-state index contributed by atoms with van der Waals surface area (Å²) in [6.45, 7) is 14.0. The zero-order chi connectivity index (χ0) is 15.0. The van der Waals surface area contributed by atoms with Crippen LogP contribution in [0.25, 0.3) is 0 Å². The van der Waals surface area contributed by atoms with Crippen LogP contribution in [0.3, 0.4) is 0 Å². The fraction of sp³-hybridized carbons (Fsp3) is 0.867. The van der Waals surface area contributed by atoms with Gasteiger partial charge in [-0.05, 0) is 32.6 Å². The number of hydrogen-bond donors (Lipinski definition) is 0. The lowest BCUT2D eigenvalue weighted by molar-refractivity contribution is -0.128. The van der Waals surface area contributed by atoms with E-state index in [0.29, 0.717) is 6.54 Å². The van der Waals surface area contributed by atoms with Crippen LogP contribution in [0.4, 0.5) is 4.79 Å². The molecule has 0 radical (unpaired) electrons. The van der Waals surface area contributed by atoms with E-state index in [4.69, 9.17) is 4.74 Å². The largest absolute Gasteiger partial charge is 0.444 e. The molecule has 110 valence electrons. The molecule has 1 atom stereocenters. The monoisotopic (exact) mass is 269 g/mol. The first-order valence-electron chi connectivity index (χ1n) is 6.99. The minimum Gasteiger partial charge on any atom is -0.444 e. The molecule has 4 heteroatoms. The molecule has 1 saturated heterocycles. The molecule has 4 nitrogen and oxygen atoms in total. The van der Waals surface area contributed by atoms with Gasteiger partial charge in [-0.1, -0.05) is 27.7 Å². The summed E-state index contributed by atoms with van der Waals surface area (Å²) >= 11 is 0. The number of ketones is 1. The minimum atomic E-state index is -0.532. The van der Waals surface area contributed by atoms with Crippen molar-refractivity contribution in [2.45, 2.75) is 66.5 Å². The van der Waals surface area contributed by atoms with E-state index >= 15 is 0 Å². The van der Waals surface area contributed by atoms with Crippen molar-refractivity contribution in [2.24, 2.45) is 11.3 Å². The lowest BCUT2D eigenvalue weighted by Gasteiger charge is -2.33. The van der Waals surface area contributed by atoms with E-state index < -0.39 is 5.60 Å². The second-order valence-electron chi connectivity index (χ2n) is 7.37. The van der Waals surface area contributed by atoms with Gasteiger partial charge >= 0.3 is 6.09 Å². The van der Waals surface area contributed by atoms with E-state index in [1.165, 1.54) is 0 Å². The first-order chi connectivity index (χ1) is 8.46. The van der Waals surface area contributed by atoms with Gasteiger partial charge in [-0.25, -0.2) is 4.79 Å². The van der Waals surface area contributed by atoms with Crippen molar-refractivity contribution >= 4 is 11.9 Å². The van der Waals surface area contributed by atoms with Crippen molar-refractivity contribution in [3.8, 4) is 0 Å². The maximum absolute atomic E-state index is 12.4. The molecule has 1 fully saturated rings. The smallest absolute Gasteiger partial charge is 0.410 e. The number of Topliss-reactive ketones (excluding diaryl/α,β-unsaturated/α-hetero) is 1. The van der Waals surface area contributed by atoms with E-state index in [0.717, 1.165) is 6.42 Å². The fourth-order valence-corrected chi connectivity index (χ4v) is 2.47. The van der Waals surface area contributed by atoms with Gasteiger partial charge in [0.2, 0.25) is 0 Å². The standard InChI is InChI=1S/C15H27NO3/c1-10(2)11(17)12-15(6,7)8-9-16(12)13(18)19-14(3,4)5/h10,12H,8-9H2,1-7H3/t12-/m1/s1. The van der Waals surface area contributed by atoms with Crippen LogP contribution >= 0.6 is 0 Å². The minimum absolute atomic E-state index is 0.0766. The van der Waals surface area contributed by atoms with Gasteiger partial charge in [-0.2, -0.15) is 0 Å². The Kier molecular flexibility index (Phi) is 4.33. The van der Waals surface area contributed by atoms with Gasteiger partial charge in [-0.3, -0.25) is 9.69 Å². The lowest BCUT2D eigenvalue weighted by Crippen LogP contribution is -2.49. The molecule has 0 spiro atoms. The van der Waals surface area contributed by atoms with Crippen LogP contribution in [0.5, 0.6) is 0 Å². The number of rotatable bonds is 2. The Morgan fingerprint density at radius 3 is 2.21 bits per heavy atom. The second kappa shape index (κ2) is 5.14. The number of carbonyl (C=O) groups excluding carboxylic acids is 2. The predicted molar refractivity (Wildman–Crippen MR) is 75.0 cm³/mol. The predicted octanol–water partition coefficient (Wildman–Crippen LogP) is 3.25. The SMILES string of the molecule is CC(C)C(=O)[C@H]1N(C(=O)OC(C)(C)C)CCC1(C)C. The molecule has 1 rings (SSSR count). The molecule has 0 aromatic carbocycles. The first-order valence-corrected chi connectivity index (χ1v) is 6.99. The van der Waals surface area contributed by atoms with E-state index in [9.17, 15) is 9.59 Å². The normalized spacial score (nSPS) is 22.7. The van der Waals surface area contributed by atoms with Crippen LogP contribution in [0, 0.1) is 11.3 Å².